The van der Waals surface area contributed by atoms with Crippen molar-refractivity contribution in [3.8, 4) is 11.4 Å². The van der Waals surface area contributed by atoms with Crippen molar-refractivity contribution in [3.63, 3.8) is 0 Å². The average molecular weight is 301 g/mol. The molecule has 4 rings (SSSR count). The zero-order chi connectivity index (χ0) is 15.1. The van der Waals surface area contributed by atoms with E-state index < -0.39 is 0 Å². The molecule has 1 saturated heterocycles. The second kappa shape index (κ2) is 5.19. The fourth-order valence-electron chi connectivity index (χ4n) is 2.85. The molecule has 0 unspecified atom stereocenters. The first kappa shape index (κ1) is 13.4. The van der Waals surface area contributed by atoms with E-state index >= 15 is 0 Å². The van der Waals surface area contributed by atoms with Gasteiger partial charge in [-0.1, -0.05) is 11.6 Å². The van der Waals surface area contributed by atoms with Crippen molar-refractivity contribution in [1.29, 1.82) is 0 Å². The highest BCUT2D eigenvalue weighted by atomic mass is 19.1. The van der Waals surface area contributed by atoms with Gasteiger partial charge in [0, 0.05) is 24.6 Å². The van der Waals surface area contributed by atoms with Crippen molar-refractivity contribution in [2.24, 2.45) is 5.92 Å². The van der Waals surface area contributed by atoms with E-state index in [0.717, 1.165) is 18.4 Å². The van der Waals surface area contributed by atoms with E-state index in [-0.39, 0.29) is 23.6 Å². The third-order valence-corrected chi connectivity index (χ3v) is 4.54. The average Bonchev–Trinajstić information content (AvgIpc) is 2.85. The molecule has 5 nitrogen and oxygen atoms in total. The number of hydrogen-bond donors (Lipinski definition) is 0. The first-order valence-electron chi connectivity index (χ1n) is 7.59. The highest BCUT2D eigenvalue weighted by molar-refractivity contribution is 5.80. The summed E-state index contributed by atoms with van der Waals surface area (Å²) in [5.74, 6) is 1.33. The maximum atomic E-state index is 12.9. The predicted octanol–water partition coefficient (Wildman–Crippen LogP) is 2.60. The lowest BCUT2D eigenvalue weighted by Crippen LogP contribution is -2.51. The molecule has 2 aromatic rings. The van der Waals surface area contributed by atoms with Gasteiger partial charge in [0.05, 0.1) is 5.92 Å². The van der Waals surface area contributed by atoms with Crippen LogP contribution in [0.25, 0.3) is 11.4 Å². The molecule has 1 aromatic heterocycles. The second-order valence-electron chi connectivity index (χ2n) is 6.03. The van der Waals surface area contributed by atoms with Crippen molar-refractivity contribution in [2.45, 2.75) is 25.2 Å². The largest absolute Gasteiger partial charge is 0.341 e. The Bertz CT molecular complexity index is 688. The zero-order valence-corrected chi connectivity index (χ0v) is 12.0. The number of aromatic nitrogens is 2. The van der Waals surface area contributed by atoms with Gasteiger partial charge in [-0.15, -0.1) is 0 Å². The molecule has 0 spiro atoms. The van der Waals surface area contributed by atoms with E-state index in [1.807, 2.05) is 4.90 Å². The highest BCUT2D eigenvalue weighted by Crippen LogP contribution is 2.33. The quantitative estimate of drug-likeness (QED) is 0.874. The van der Waals surface area contributed by atoms with Crippen LogP contribution in [0, 0.1) is 11.7 Å². The fraction of sp³-hybridized carbons (Fsp3) is 0.438. The summed E-state index contributed by atoms with van der Waals surface area (Å²) < 4.78 is 18.2. The van der Waals surface area contributed by atoms with E-state index in [1.54, 1.807) is 12.1 Å². The van der Waals surface area contributed by atoms with Crippen LogP contribution in [0.4, 0.5) is 4.39 Å². The van der Waals surface area contributed by atoms with E-state index in [4.69, 9.17) is 4.52 Å². The Morgan fingerprint density at radius 1 is 1.23 bits per heavy atom. The van der Waals surface area contributed by atoms with Gasteiger partial charge in [0.15, 0.2) is 0 Å². The SMILES string of the molecule is O=C(C1CCC1)N1CC(c2nc(-c3ccc(F)cc3)no2)C1. The summed E-state index contributed by atoms with van der Waals surface area (Å²) in [5, 5.41) is 3.94. The van der Waals surface area contributed by atoms with Crippen molar-refractivity contribution in [1.82, 2.24) is 15.0 Å². The Morgan fingerprint density at radius 2 is 1.95 bits per heavy atom. The van der Waals surface area contributed by atoms with Crippen molar-refractivity contribution in [2.75, 3.05) is 13.1 Å². The Morgan fingerprint density at radius 3 is 2.59 bits per heavy atom. The van der Waals surface area contributed by atoms with Crippen LogP contribution >= 0.6 is 0 Å². The molecule has 0 radical (unpaired) electrons. The Hall–Kier alpha value is -2.24. The van der Waals surface area contributed by atoms with Gasteiger partial charge in [0.25, 0.3) is 0 Å². The van der Waals surface area contributed by atoms with Crippen LogP contribution in [0.2, 0.25) is 0 Å². The normalized spacial score (nSPS) is 18.9. The number of likely N-dealkylation sites (tertiary alicyclic amines) is 1. The molecular weight excluding hydrogens is 285 g/mol. The Kier molecular flexibility index (Phi) is 3.17. The van der Waals surface area contributed by atoms with Gasteiger partial charge in [-0.25, -0.2) is 4.39 Å². The molecule has 6 heteroatoms. The van der Waals surface area contributed by atoms with Gasteiger partial charge >= 0.3 is 0 Å². The number of carbonyl (C=O) groups is 1. The lowest BCUT2D eigenvalue weighted by molar-refractivity contribution is -0.143. The molecule has 2 aliphatic rings. The minimum atomic E-state index is -0.295. The molecule has 1 saturated carbocycles. The number of rotatable bonds is 3. The topological polar surface area (TPSA) is 59.2 Å². The molecule has 0 atom stereocenters. The molecule has 0 bridgehead atoms. The van der Waals surface area contributed by atoms with Crippen molar-refractivity contribution in [3.05, 3.63) is 36.0 Å². The number of hydrogen-bond acceptors (Lipinski definition) is 4. The van der Waals surface area contributed by atoms with E-state index in [9.17, 15) is 9.18 Å². The summed E-state index contributed by atoms with van der Waals surface area (Å²) in [4.78, 5) is 18.3. The molecular formula is C16H16FN3O2. The fourth-order valence-corrected chi connectivity index (χ4v) is 2.85. The maximum Gasteiger partial charge on any atom is 0.233 e. The van der Waals surface area contributed by atoms with Crippen LogP contribution in [0.3, 0.4) is 0 Å². The standard InChI is InChI=1S/C16H16FN3O2/c17-13-6-4-10(5-7-13)14-18-15(22-19-14)12-8-20(9-12)16(21)11-2-1-3-11/h4-7,11-12H,1-3,8-9H2. The third kappa shape index (κ3) is 2.28. The molecule has 2 heterocycles. The highest BCUT2D eigenvalue weighted by Gasteiger charge is 2.39. The van der Waals surface area contributed by atoms with Gasteiger partial charge in [-0.2, -0.15) is 4.98 Å². The Balaban J connectivity index is 1.40. The monoisotopic (exact) mass is 301 g/mol. The van der Waals surface area contributed by atoms with Gasteiger partial charge in [0.2, 0.25) is 17.6 Å². The van der Waals surface area contributed by atoms with Crippen LogP contribution < -0.4 is 0 Å². The van der Waals surface area contributed by atoms with Gasteiger partial charge in [0.1, 0.15) is 5.82 Å². The van der Waals surface area contributed by atoms with Crippen molar-refractivity contribution >= 4 is 5.91 Å². The summed E-state index contributed by atoms with van der Waals surface area (Å²) in [6.07, 6.45) is 3.21. The van der Waals surface area contributed by atoms with Crippen LogP contribution in [0.15, 0.2) is 28.8 Å². The number of halogens is 1. The predicted molar refractivity (Wildman–Crippen MR) is 76.4 cm³/mol. The minimum Gasteiger partial charge on any atom is -0.341 e. The Labute approximate surface area is 127 Å². The third-order valence-electron chi connectivity index (χ3n) is 4.54. The first-order chi connectivity index (χ1) is 10.7. The molecule has 2 fully saturated rings. The lowest BCUT2D eigenvalue weighted by Gasteiger charge is -2.41. The van der Waals surface area contributed by atoms with E-state index in [1.165, 1.54) is 18.6 Å². The number of benzene rings is 1. The summed E-state index contributed by atoms with van der Waals surface area (Å²) in [5.41, 5.74) is 0.720. The molecule has 0 N–H and O–H groups in total. The van der Waals surface area contributed by atoms with Gasteiger partial charge in [-0.05, 0) is 37.1 Å². The lowest BCUT2D eigenvalue weighted by atomic mass is 9.83. The molecule has 1 aliphatic heterocycles. The van der Waals surface area contributed by atoms with Crippen LogP contribution in [0.5, 0.6) is 0 Å². The van der Waals surface area contributed by atoms with E-state index in [2.05, 4.69) is 10.1 Å². The molecule has 1 amide bonds. The van der Waals surface area contributed by atoms with Gasteiger partial charge in [-0.3, -0.25) is 4.79 Å². The summed E-state index contributed by atoms with van der Waals surface area (Å²) in [6.45, 7) is 1.31. The smallest absolute Gasteiger partial charge is 0.233 e. The minimum absolute atomic E-state index is 0.116. The van der Waals surface area contributed by atoms with E-state index in [0.29, 0.717) is 24.8 Å². The molecule has 114 valence electrons. The summed E-state index contributed by atoms with van der Waals surface area (Å²) >= 11 is 0. The zero-order valence-electron chi connectivity index (χ0n) is 12.0. The molecule has 1 aliphatic carbocycles. The number of carbonyl (C=O) groups excluding carboxylic acids is 1. The van der Waals surface area contributed by atoms with Gasteiger partial charge < -0.3 is 9.42 Å². The molecule has 1 aromatic carbocycles. The maximum absolute atomic E-state index is 12.9. The second-order valence-corrected chi connectivity index (χ2v) is 6.03. The van der Waals surface area contributed by atoms with Crippen LogP contribution in [0.1, 0.15) is 31.1 Å². The molecule has 22 heavy (non-hydrogen) atoms. The summed E-state index contributed by atoms with van der Waals surface area (Å²) in [7, 11) is 0. The summed E-state index contributed by atoms with van der Waals surface area (Å²) in [6, 6.07) is 5.98. The number of amides is 1. The van der Waals surface area contributed by atoms with Crippen molar-refractivity contribution < 1.29 is 13.7 Å². The van der Waals surface area contributed by atoms with Crippen LogP contribution in [-0.2, 0) is 4.79 Å². The van der Waals surface area contributed by atoms with Crippen LogP contribution in [-0.4, -0.2) is 34.0 Å². The number of nitrogens with zero attached hydrogens (tertiary/aromatic N) is 3. The first-order valence-corrected chi connectivity index (χ1v) is 7.59.